The molecule has 138 heavy (non-hydrogen) atoms. The molecule has 12 unspecified atom stereocenters. The van der Waals surface area contributed by atoms with Gasteiger partial charge in [-0.05, 0) is 136 Å². The van der Waals surface area contributed by atoms with Crippen molar-refractivity contribution in [3.05, 3.63) is 264 Å². The highest BCUT2D eigenvalue weighted by Gasteiger charge is 2.37. The smallest absolute Gasteiger partial charge is 0.243 e. The third-order valence-electron chi connectivity index (χ3n) is 23.1. The summed E-state index contributed by atoms with van der Waals surface area (Å²) in [6, 6.07) is 69.8. The van der Waals surface area contributed by atoms with Gasteiger partial charge in [-0.15, -0.1) is 11.8 Å². The highest BCUT2D eigenvalue weighted by Crippen LogP contribution is 2.41. The summed E-state index contributed by atoms with van der Waals surface area (Å²) in [4.78, 5) is 101. The molecular formula is C105H140N10O22S. The number of hydrogen-bond donors (Lipinski definition) is 12. The van der Waals surface area contributed by atoms with Crippen molar-refractivity contribution in [3.63, 3.8) is 0 Å². The summed E-state index contributed by atoms with van der Waals surface area (Å²) in [6.07, 6.45) is 18.1. The van der Waals surface area contributed by atoms with Gasteiger partial charge >= 0.3 is 0 Å². The summed E-state index contributed by atoms with van der Waals surface area (Å²) < 4.78 is 60.3. The second-order valence-electron chi connectivity index (χ2n) is 34.7. The number of anilines is 2. The average Bonchev–Trinajstić information content (AvgIpc) is 0.814. The molecule has 4 aliphatic rings. The third kappa shape index (κ3) is 43.7. The molecule has 4 aliphatic heterocycles. The van der Waals surface area contributed by atoms with Gasteiger partial charge in [0.2, 0.25) is 60.1 Å². The molecule has 1 aromatic heterocycles. The SMILES string of the molecule is CC(C)OCC1CC(c2ccccc2)OC(c2ccc(NC(=O)CCCCCCC(=O)NO)cc2)O1.CN(Cc1ccccc1)CC1CC(c2ccccc2)OC(c2ccc(NC(=O)CCCCCCC(=O)NO)cc2)O1.COCC1CC(c2ccccc2)OC(NC(=O)CCCCCCC(=O)NO)O1.O=C(CCCCCCC(=O)NC1OC(CSc2ccncc2)CC(c2ccccc2)O1)NO. The van der Waals surface area contributed by atoms with Crippen molar-refractivity contribution in [2.75, 3.05) is 50.3 Å². The van der Waals surface area contributed by atoms with Gasteiger partial charge in [0.15, 0.2) is 12.6 Å². The van der Waals surface area contributed by atoms with Gasteiger partial charge in [-0.1, -0.05) is 227 Å². The van der Waals surface area contributed by atoms with Crippen LogP contribution in [0.5, 0.6) is 0 Å². The Morgan fingerprint density at radius 3 is 1.04 bits per heavy atom. The van der Waals surface area contributed by atoms with Crippen molar-refractivity contribution >= 4 is 70.4 Å². The molecule has 4 saturated heterocycles. The molecule has 8 aromatic rings. The van der Waals surface area contributed by atoms with Crippen LogP contribution in [0, 0.1) is 0 Å². The number of likely N-dealkylation sites (N-methyl/N-ethyl adjacent to an activating group) is 1. The molecule has 7 aromatic carbocycles. The maximum Gasteiger partial charge on any atom is 0.243 e. The molecule has 748 valence electrons. The van der Waals surface area contributed by atoms with Gasteiger partial charge in [-0.3, -0.25) is 69.1 Å². The average molecular weight is 1930 g/mol. The lowest BCUT2D eigenvalue weighted by atomic mass is 10.0. The summed E-state index contributed by atoms with van der Waals surface area (Å²) >= 11 is 1.69. The lowest BCUT2D eigenvalue weighted by Gasteiger charge is -2.38. The van der Waals surface area contributed by atoms with E-state index in [1.165, 1.54) is 5.56 Å². The third-order valence-corrected chi connectivity index (χ3v) is 24.2. The lowest BCUT2D eigenvalue weighted by molar-refractivity contribution is -0.262. The van der Waals surface area contributed by atoms with E-state index in [0.29, 0.717) is 103 Å². The summed E-state index contributed by atoms with van der Waals surface area (Å²) in [5.74, 6) is -1.13. The summed E-state index contributed by atoms with van der Waals surface area (Å²) in [7, 11) is 3.74. The van der Waals surface area contributed by atoms with Crippen LogP contribution in [0.15, 0.2) is 230 Å². The Bertz CT molecular complexity index is 4770. The van der Waals surface area contributed by atoms with E-state index < -0.39 is 25.4 Å². The molecule has 0 radical (unpaired) electrons. The number of ether oxygens (including phenoxy) is 10. The molecule has 33 heteroatoms. The van der Waals surface area contributed by atoms with Gasteiger partial charge in [0.1, 0.15) is 0 Å². The van der Waals surface area contributed by atoms with Gasteiger partial charge < -0.3 is 68.6 Å². The molecule has 8 amide bonds. The molecule has 12 atom stereocenters. The number of pyridine rings is 1. The number of methoxy groups -OCH3 is 1. The van der Waals surface area contributed by atoms with E-state index >= 15 is 0 Å². The summed E-state index contributed by atoms with van der Waals surface area (Å²) in [5, 5.41) is 45.5. The monoisotopic (exact) mass is 1920 g/mol. The number of hydroxylamine groups is 4. The van der Waals surface area contributed by atoms with Crippen LogP contribution in [-0.4, -0.2) is 161 Å². The maximum atomic E-state index is 12.4. The fraction of sp³-hybridized carbons (Fsp3) is 0.476. The fourth-order valence-electron chi connectivity index (χ4n) is 15.9. The largest absolute Gasteiger partial charge is 0.382 e. The predicted octanol–water partition coefficient (Wildman–Crippen LogP) is 18.0. The van der Waals surface area contributed by atoms with Crippen molar-refractivity contribution < 1.29 is 107 Å². The van der Waals surface area contributed by atoms with Crippen LogP contribution in [0.3, 0.4) is 0 Å². The van der Waals surface area contributed by atoms with E-state index in [4.69, 9.17) is 68.2 Å². The second-order valence-corrected chi connectivity index (χ2v) is 35.8. The Hall–Kier alpha value is -10.8. The molecule has 0 spiro atoms. The number of carbonyl (C=O) groups is 8. The second kappa shape index (κ2) is 64.4. The minimum Gasteiger partial charge on any atom is -0.382 e. The number of carbonyl (C=O) groups excluding carboxylic acids is 8. The predicted molar refractivity (Wildman–Crippen MR) is 520 cm³/mol. The molecule has 4 fully saturated rings. The Balaban J connectivity index is 0.000000208. The number of thioether (sulfide) groups is 1. The Morgan fingerprint density at radius 1 is 0.362 bits per heavy atom. The van der Waals surface area contributed by atoms with Crippen molar-refractivity contribution in [2.45, 2.75) is 285 Å². The Morgan fingerprint density at radius 2 is 0.681 bits per heavy atom. The maximum absolute atomic E-state index is 12.4. The topological polar surface area (TPSA) is 422 Å². The zero-order valence-corrected chi connectivity index (χ0v) is 80.5. The number of rotatable bonds is 50. The van der Waals surface area contributed by atoms with Gasteiger partial charge in [-0.2, -0.15) is 0 Å². The zero-order valence-electron chi connectivity index (χ0n) is 79.6. The van der Waals surface area contributed by atoms with Gasteiger partial charge in [0.25, 0.3) is 0 Å². The van der Waals surface area contributed by atoms with Gasteiger partial charge in [0.05, 0.1) is 68.1 Å². The highest BCUT2D eigenvalue weighted by molar-refractivity contribution is 7.99. The lowest BCUT2D eigenvalue weighted by Crippen LogP contribution is -2.46. The molecule has 32 nitrogen and oxygen atoms in total. The minimum absolute atomic E-state index is 0.00919. The highest BCUT2D eigenvalue weighted by atomic mass is 32.2. The first-order valence-corrected chi connectivity index (χ1v) is 49.1. The van der Waals surface area contributed by atoms with Crippen molar-refractivity contribution in [1.82, 2.24) is 42.4 Å². The molecule has 0 aliphatic carbocycles. The first-order chi connectivity index (χ1) is 67.2. The van der Waals surface area contributed by atoms with Crippen LogP contribution in [0.25, 0.3) is 0 Å². The van der Waals surface area contributed by atoms with E-state index in [0.717, 1.165) is 146 Å². The normalized spacial score (nSPS) is 20.0. The molecule has 12 N–H and O–H groups in total. The number of benzene rings is 7. The van der Waals surface area contributed by atoms with Crippen molar-refractivity contribution in [1.29, 1.82) is 0 Å². The first-order valence-electron chi connectivity index (χ1n) is 48.1. The Labute approximate surface area is 814 Å². The van der Waals surface area contributed by atoms with E-state index in [9.17, 15) is 38.4 Å². The zero-order chi connectivity index (χ0) is 98.1. The van der Waals surface area contributed by atoms with E-state index in [-0.39, 0.29) is 115 Å². The summed E-state index contributed by atoms with van der Waals surface area (Å²) in [6.45, 7) is 6.58. The molecular weight excluding hydrogens is 1790 g/mol. The van der Waals surface area contributed by atoms with Crippen molar-refractivity contribution in [2.24, 2.45) is 0 Å². The van der Waals surface area contributed by atoms with Crippen LogP contribution in [0.4, 0.5) is 11.4 Å². The quantitative estimate of drug-likeness (QED) is 0.00729. The molecule has 0 bridgehead atoms. The first kappa shape index (κ1) is 111. The molecule has 5 heterocycles. The van der Waals surface area contributed by atoms with Crippen molar-refractivity contribution in [3.8, 4) is 0 Å². The van der Waals surface area contributed by atoms with Crippen LogP contribution in [-0.2, 0) is 92.3 Å². The standard InChI is InChI=1S/C33H41N3O5.C28H38N2O6.C24H31N3O5S.C20H30N2O6/c1-36(23-25-12-6-4-7-13-25)24-29-22-30(26-14-8-5-9-15-26)41-33(40-29)27-18-20-28(21-19-27)34-31(37)16-10-2-3-11-17-32(38)35-39;1-20(2)34-19-24-18-25(21-10-6-5-7-11-21)36-28(35-24)22-14-16-23(17-15-22)29-26(31)12-8-3-4-9-13-27(32)30-33;28-22(10-6-1-2-7-11-23(29)27-30)26-24-31-19(17-33-20-12-14-25-15-13-20)16-21(32-24)18-8-4-3-5-9-18;1-26-14-16-13-17(15-9-5-4-6-10-15)28-20(27-16)21-18(23)11-7-2-3-8-12-19(24)22-25/h4-9,12-15,18-21,29-30,33,39H,2-3,10-11,16-17,22-24H2,1H3,(H,34,37)(H,35,38);5-7,10-11,14-17,20,24-25,28,33H,3-4,8-9,12-13,18-19H2,1-2H3,(H,29,31)(H,30,32);3-5,8-9,12-15,19,21,24,30H,1-2,6-7,10-11,16-17H2,(H,26,28)(H,27,29);4-6,9-10,16-17,20,25H,2-3,7-8,11-14H2,1H3,(H,21,23)(H,22,24). The number of nitrogens with zero attached hydrogens (tertiary/aromatic N) is 2. The van der Waals surface area contributed by atoms with E-state index in [2.05, 4.69) is 86.7 Å². The number of nitrogens with one attached hydrogen (secondary N) is 8. The number of amides is 8. The molecule has 0 saturated carbocycles. The van der Waals surface area contributed by atoms with Crippen LogP contribution in [0.2, 0.25) is 0 Å². The minimum atomic E-state index is -0.806. The molecule has 12 rings (SSSR count). The van der Waals surface area contributed by atoms with E-state index in [1.807, 2.05) is 178 Å². The summed E-state index contributed by atoms with van der Waals surface area (Å²) in [5.41, 5.74) is 15.3. The van der Waals surface area contributed by atoms with Crippen LogP contribution in [0.1, 0.15) is 270 Å². The Kier molecular flexibility index (Phi) is 51.8. The number of unbranched alkanes of at least 4 members (excludes halogenated alkanes) is 12. The van der Waals surface area contributed by atoms with Gasteiger partial charge in [0, 0.05) is 143 Å². The number of aromatic nitrogens is 1. The van der Waals surface area contributed by atoms with Gasteiger partial charge in [-0.25, -0.2) is 21.9 Å². The van der Waals surface area contributed by atoms with E-state index in [1.54, 1.807) is 53.2 Å². The van der Waals surface area contributed by atoms with Crippen LogP contribution >= 0.6 is 11.8 Å². The van der Waals surface area contributed by atoms with Crippen LogP contribution < -0.4 is 43.2 Å². The number of hydrogen-bond acceptors (Lipinski definition) is 25. The fourth-order valence-corrected chi connectivity index (χ4v) is 16.8.